The molecule has 30 heavy (non-hydrogen) atoms. The van der Waals surface area contributed by atoms with Gasteiger partial charge in [0.25, 0.3) is 0 Å². The van der Waals surface area contributed by atoms with Crippen molar-refractivity contribution in [2.45, 2.75) is 44.1 Å². The van der Waals surface area contributed by atoms with E-state index in [0.717, 1.165) is 11.0 Å². The van der Waals surface area contributed by atoms with Crippen molar-refractivity contribution in [3.63, 3.8) is 0 Å². The van der Waals surface area contributed by atoms with Gasteiger partial charge >= 0.3 is 18.4 Å². The number of nitrogens with one attached hydrogen (secondary N) is 2. The fourth-order valence-corrected chi connectivity index (χ4v) is 3.45. The van der Waals surface area contributed by atoms with Crippen molar-refractivity contribution in [3.8, 4) is 0 Å². The second-order valence-corrected chi connectivity index (χ2v) is 7.44. The number of likely N-dealkylation sites (tertiary alicyclic amines) is 1. The van der Waals surface area contributed by atoms with Gasteiger partial charge in [-0.1, -0.05) is 0 Å². The summed E-state index contributed by atoms with van der Waals surface area (Å²) in [5, 5.41) is 4.73. The predicted octanol–water partition coefficient (Wildman–Crippen LogP) is 4.30. The Kier molecular flexibility index (Phi) is 5.63. The molecule has 0 bridgehead atoms. The number of hydrogen-bond acceptors (Lipinski definition) is 2. The smallest absolute Gasteiger partial charge is 0.342 e. The summed E-state index contributed by atoms with van der Waals surface area (Å²) in [6.07, 6.45) is -9.46. The number of rotatable bonds is 3. The summed E-state index contributed by atoms with van der Waals surface area (Å²) in [5.41, 5.74) is -3.93. The third-order valence-corrected chi connectivity index (χ3v) is 5.35. The molecule has 3 rings (SSSR count). The van der Waals surface area contributed by atoms with Crippen LogP contribution >= 0.6 is 0 Å². The molecule has 0 radical (unpaired) electrons. The Balaban J connectivity index is 1.50. The van der Waals surface area contributed by atoms with E-state index in [1.165, 1.54) is 0 Å². The molecule has 166 valence electrons. The lowest BCUT2D eigenvalue weighted by Crippen LogP contribution is -2.51. The van der Waals surface area contributed by atoms with E-state index in [1.807, 2.05) is 0 Å². The lowest BCUT2D eigenvalue weighted by molar-refractivity contribution is -0.199. The molecule has 1 aromatic rings. The Labute approximate surface area is 166 Å². The van der Waals surface area contributed by atoms with E-state index in [9.17, 15) is 40.3 Å². The number of carbonyl (C=O) groups excluding carboxylic acids is 2. The first-order valence-electron chi connectivity index (χ1n) is 9.14. The third kappa shape index (κ3) is 4.46. The van der Waals surface area contributed by atoms with Gasteiger partial charge in [0, 0.05) is 24.8 Å². The van der Waals surface area contributed by atoms with E-state index in [1.54, 1.807) is 0 Å². The van der Waals surface area contributed by atoms with Gasteiger partial charge in [-0.15, -0.1) is 0 Å². The first-order valence-corrected chi connectivity index (χ1v) is 9.14. The van der Waals surface area contributed by atoms with Gasteiger partial charge in [-0.2, -0.15) is 26.3 Å². The first kappa shape index (κ1) is 22.2. The highest BCUT2D eigenvalue weighted by molar-refractivity contribution is 5.89. The maximum Gasteiger partial charge on any atom is 0.419 e. The van der Waals surface area contributed by atoms with Crippen LogP contribution in [0.4, 0.5) is 41.2 Å². The lowest BCUT2D eigenvalue weighted by atomic mass is 10.00. The van der Waals surface area contributed by atoms with Crippen LogP contribution in [0.25, 0.3) is 0 Å². The van der Waals surface area contributed by atoms with Gasteiger partial charge < -0.3 is 15.5 Å². The van der Waals surface area contributed by atoms with Crippen LogP contribution in [0, 0.1) is 11.2 Å². The third-order valence-electron chi connectivity index (χ3n) is 5.35. The van der Waals surface area contributed by atoms with E-state index in [0.29, 0.717) is 12.1 Å². The minimum absolute atomic E-state index is 0.0382. The number of piperidine rings is 1. The van der Waals surface area contributed by atoms with E-state index in [4.69, 9.17) is 0 Å². The van der Waals surface area contributed by atoms with Gasteiger partial charge in [-0.05, 0) is 43.9 Å². The molecular formula is C18H18F7N3O2. The second kappa shape index (κ2) is 7.62. The normalized spacial score (nSPS) is 19.4. The number of carbonyl (C=O) groups is 2. The number of amides is 3. The van der Waals surface area contributed by atoms with Crippen molar-refractivity contribution in [1.29, 1.82) is 0 Å². The van der Waals surface area contributed by atoms with Gasteiger partial charge in [0.15, 0.2) is 0 Å². The van der Waals surface area contributed by atoms with Gasteiger partial charge in [-0.3, -0.25) is 4.79 Å². The molecule has 1 saturated heterocycles. The van der Waals surface area contributed by atoms with Crippen molar-refractivity contribution in [2.75, 3.05) is 18.4 Å². The van der Waals surface area contributed by atoms with Crippen molar-refractivity contribution >= 4 is 17.6 Å². The summed E-state index contributed by atoms with van der Waals surface area (Å²) >= 11 is 0. The maximum atomic E-state index is 13.5. The van der Waals surface area contributed by atoms with Gasteiger partial charge in [0.05, 0.1) is 5.56 Å². The molecule has 0 aromatic heterocycles. The molecule has 12 heteroatoms. The van der Waals surface area contributed by atoms with Crippen LogP contribution < -0.4 is 10.6 Å². The summed E-state index contributed by atoms with van der Waals surface area (Å²) in [6, 6.07) is 0.695. The fraction of sp³-hybridized carbons (Fsp3) is 0.556. The van der Waals surface area contributed by atoms with Crippen LogP contribution in [-0.2, 0) is 11.0 Å². The molecule has 1 aliphatic heterocycles. The van der Waals surface area contributed by atoms with Crippen LogP contribution in [0.2, 0.25) is 0 Å². The molecule has 1 aliphatic carbocycles. The highest BCUT2D eigenvalue weighted by Crippen LogP contribution is 2.58. The minimum Gasteiger partial charge on any atom is -0.342 e. The van der Waals surface area contributed by atoms with Gasteiger partial charge in [0.1, 0.15) is 11.2 Å². The quantitative estimate of drug-likeness (QED) is 0.688. The lowest BCUT2D eigenvalue weighted by Gasteiger charge is -2.35. The first-order chi connectivity index (χ1) is 13.8. The molecule has 0 spiro atoms. The Bertz CT molecular complexity index is 826. The van der Waals surface area contributed by atoms with Crippen LogP contribution in [0.5, 0.6) is 0 Å². The highest BCUT2D eigenvalue weighted by Gasteiger charge is 2.69. The summed E-state index contributed by atoms with van der Waals surface area (Å²) < 4.78 is 90.4. The Morgan fingerprint density at radius 1 is 1.03 bits per heavy atom. The zero-order chi connectivity index (χ0) is 22.3. The van der Waals surface area contributed by atoms with Crippen LogP contribution in [0.15, 0.2) is 18.2 Å². The van der Waals surface area contributed by atoms with Crippen molar-refractivity contribution in [1.82, 2.24) is 10.2 Å². The summed E-state index contributed by atoms with van der Waals surface area (Å²) in [7, 11) is 0. The van der Waals surface area contributed by atoms with E-state index >= 15 is 0 Å². The van der Waals surface area contributed by atoms with Crippen molar-refractivity contribution in [2.24, 2.45) is 5.41 Å². The molecule has 2 N–H and O–H groups in total. The molecule has 5 nitrogen and oxygen atoms in total. The van der Waals surface area contributed by atoms with E-state index in [-0.39, 0.29) is 44.5 Å². The molecule has 1 saturated carbocycles. The SMILES string of the molecule is O=C(Nc1ccc(C(F)(F)F)c(F)c1)NC1CCN(C(=O)C2(C(F)(F)F)CC2)CC1. The van der Waals surface area contributed by atoms with Crippen molar-refractivity contribution in [3.05, 3.63) is 29.6 Å². The van der Waals surface area contributed by atoms with Crippen LogP contribution in [0.1, 0.15) is 31.2 Å². The number of nitrogens with zero attached hydrogens (tertiary/aromatic N) is 1. The van der Waals surface area contributed by atoms with E-state index in [2.05, 4.69) is 10.6 Å². The van der Waals surface area contributed by atoms with Crippen LogP contribution in [-0.4, -0.2) is 42.1 Å². The molecule has 3 amide bonds. The number of alkyl halides is 6. The van der Waals surface area contributed by atoms with E-state index < -0.39 is 47.1 Å². The van der Waals surface area contributed by atoms with Gasteiger partial charge in [-0.25, -0.2) is 9.18 Å². The van der Waals surface area contributed by atoms with Crippen LogP contribution in [0.3, 0.4) is 0 Å². The maximum absolute atomic E-state index is 13.5. The fourth-order valence-electron chi connectivity index (χ4n) is 3.45. The topological polar surface area (TPSA) is 61.4 Å². The molecule has 2 fully saturated rings. The molecule has 0 unspecified atom stereocenters. The number of hydrogen-bond donors (Lipinski definition) is 2. The number of benzene rings is 1. The highest BCUT2D eigenvalue weighted by atomic mass is 19.4. The Hall–Kier alpha value is -2.53. The molecule has 1 heterocycles. The average Bonchev–Trinajstić information content (AvgIpc) is 3.42. The van der Waals surface area contributed by atoms with Gasteiger partial charge in [0.2, 0.25) is 5.91 Å². The number of halogens is 7. The standard InChI is InChI=1S/C18H18F7N3O2/c19-13-9-11(1-2-12(13)17(20,21)22)27-15(30)26-10-3-7-28(8-4-10)14(29)16(5-6-16)18(23,24)25/h1-2,9-10H,3-8H2,(H2,26,27,30). The summed E-state index contributed by atoms with van der Waals surface area (Å²) in [4.78, 5) is 25.4. The molecular weight excluding hydrogens is 423 g/mol. The summed E-state index contributed by atoms with van der Waals surface area (Å²) in [6.45, 7) is 0.0764. The number of anilines is 1. The minimum atomic E-state index is -4.86. The number of urea groups is 1. The zero-order valence-electron chi connectivity index (χ0n) is 15.5. The monoisotopic (exact) mass is 441 g/mol. The molecule has 0 atom stereocenters. The second-order valence-electron chi connectivity index (χ2n) is 7.44. The average molecular weight is 441 g/mol. The summed E-state index contributed by atoms with van der Waals surface area (Å²) in [5.74, 6) is -2.48. The Morgan fingerprint density at radius 2 is 1.63 bits per heavy atom. The van der Waals surface area contributed by atoms with Crippen molar-refractivity contribution < 1.29 is 40.3 Å². The molecule has 2 aliphatic rings. The zero-order valence-corrected chi connectivity index (χ0v) is 15.5. The molecule has 1 aromatic carbocycles. The Morgan fingerprint density at radius 3 is 2.10 bits per heavy atom. The largest absolute Gasteiger partial charge is 0.419 e. The predicted molar refractivity (Wildman–Crippen MR) is 90.9 cm³/mol.